The summed E-state index contributed by atoms with van der Waals surface area (Å²) < 4.78 is 0. The molecule has 1 aliphatic heterocycles. The van der Waals surface area contributed by atoms with E-state index in [1.807, 2.05) is 6.07 Å². The van der Waals surface area contributed by atoms with Crippen LogP contribution in [0.5, 0.6) is 0 Å². The molecule has 0 amide bonds. The van der Waals surface area contributed by atoms with Gasteiger partial charge in [0.05, 0.1) is 6.61 Å². The zero-order chi connectivity index (χ0) is 15.1. The van der Waals surface area contributed by atoms with Crippen molar-refractivity contribution in [3.63, 3.8) is 0 Å². The fourth-order valence-corrected chi connectivity index (χ4v) is 3.01. The molecule has 1 aromatic carbocycles. The number of nitrogens with zero attached hydrogens (tertiary/aromatic N) is 1. The van der Waals surface area contributed by atoms with Gasteiger partial charge in [-0.15, -0.1) is 0 Å². The molecule has 2 rings (SSSR count). The quantitative estimate of drug-likeness (QED) is 0.858. The summed E-state index contributed by atoms with van der Waals surface area (Å²) in [5, 5.41) is 8.83. The fourth-order valence-electron chi connectivity index (χ4n) is 3.01. The molecular weight excluding hydrogens is 258 g/mol. The molecule has 0 aromatic heterocycles. The Morgan fingerprint density at radius 1 is 1.24 bits per heavy atom. The van der Waals surface area contributed by atoms with Crippen LogP contribution in [0, 0.1) is 23.7 Å². The number of aliphatic hydroxyl groups excluding tert-OH is 1. The lowest BCUT2D eigenvalue weighted by Gasteiger charge is -2.34. The molecule has 0 spiro atoms. The third-order valence-electron chi connectivity index (χ3n) is 4.45. The summed E-state index contributed by atoms with van der Waals surface area (Å²) in [7, 11) is 0. The van der Waals surface area contributed by atoms with E-state index in [0.717, 1.165) is 23.9 Å². The van der Waals surface area contributed by atoms with E-state index in [1.165, 1.54) is 31.5 Å². The van der Waals surface area contributed by atoms with E-state index in [2.05, 4.69) is 48.8 Å². The Morgan fingerprint density at radius 3 is 2.62 bits per heavy atom. The molecule has 0 unspecified atom stereocenters. The summed E-state index contributed by atoms with van der Waals surface area (Å²) in [6, 6.07) is 8.39. The van der Waals surface area contributed by atoms with Gasteiger partial charge in [0.15, 0.2) is 0 Å². The van der Waals surface area contributed by atoms with Gasteiger partial charge >= 0.3 is 0 Å². The zero-order valence-electron chi connectivity index (χ0n) is 13.3. The minimum Gasteiger partial charge on any atom is -0.395 e. The molecule has 0 radical (unpaired) electrons. The normalized spacial score (nSPS) is 16.8. The Hall–Kier alpha value is -1.30. The molecule has 0 bridgehead atoms. The minimum absolute atomic E-state index is 0.137. The molecule has 0 saturated carbocycles. The lowest BCUT2D eigenvalue weighted by molar-refractivity contribution is 0.152. The van der Waals surface area contributed by atoms with Gasteiger partial charge in [-0.1, -0.05) is 43.9 Å². The van der Waals surface area contributed by atoms with E-state index in [-0.39, 0.29) is 6.61 Å². The highest BCUT2D eigenvalue weighted by atomic mass is 16.2. The predicted octanol–water partition coefficient (Wildman–Crippen LogP) is 3.29. The molecule has 1 aliphatic rings. The van der Waals surface area contributed by atoms with Gasteiger partial charge in [-0.2, -0.15) is 0 Å². The van der Waals surface area contributed by atoms with Crippen molar-refractivity contribution in [2.24, 2.45) is 11.8 Å². The number of piperidine rings is 1. The summed E-state index contributed by atoms with van der Waals surface area (Å²) >= 11 is 0. The number of aliphatic hydroxyl groups is 1. The second-order valence-corrected chi connectivity index (χ2v) is 6.29. The highest BCUT2D eigenvalue weighted by molar-refractivity contribution is 5.41. The number of likely N-dealkylation sites (tertiary alicyclic amines) is 1. The lowest BCUT2D eigenvalue weighted by Crippen LogP contribution is -2.34. The average molecular weight is 285 g/mol. The SMILES string of the molecule is CC(C)C1CCN(Cc2ccccc2C#CCCO)CC1. The molecule has 0 aliphatic carbocycles. The molecule has 2 nitrogen and oxygen atoms in total. The van der Waals surface area contributed by atoms with E-state index < -0.39 is 0 Å². The van der Waals surface area contributed by atoms with Crippen molar-refractivity contribution in [2.75, 3.05) is 19.7 Å². The maximum atomic E-state index is 8.83. The Bertz CT molecular complexity index is 490. The van der Waals surface area contributed by atoms with Crippen molar-refractivity contribution in [3.8, 4) is 11.8 Å². The number of hydrogen-bond acceptors (Lipinski definition) is 2. The van der Waals surface area contributed by atoms with E-state index >= 15 is 0 Å². The van der Waals surface area contributed by atoms with Gasteiger partial charge < -0.3 is 5.11 Å². The van der Waals surface area contributed by atoms with Crippen LogP contribution < -0.4 is 0 Å². The highest BCUT2D eigenvalue weighted by Gasteiger charge is 2.21. The summed E-state index contributed by atoms with van der Waals surface area (Å²) in [5.41, 5.74) is 2.42. The first-order chi connectivity index (χ1) is 10.2. The summed E-state index contributed by atoms with van der Waals surface area (Å²) in [5.74, 6) is 7.93. The van der Waals surface area contributed by atoms with Gasteiger partial charge in [0, 0.05) is 18.5 Å². The van der Waals surface area contributed by atoms with E-state index in [9.17, 15) is 0 Å². The van der Waals surface area contributed by atoms with Crippen molar-refractivity contribution < 1.29 is 5.11 Å². The van der Waals surface area contributed by atoms with Crippen molar-refractivity contribution in [2.45, 2.75) is 39.7 Å². The molecule has 1 fully saturated rings. The molecular formula is C19H27NO. The first-order valence-electron chi connectivity index (χ1n) is 8.10. The van der Waals surface area contributed by atoms with Crippen LogP contribution in [0.1, 0.15) is 44.2 Å². The predicted molar refractivity (Wildman–Crippen MR) is 87.9 cm³/mol. The molecule has 2 heteroatoms. The average Bonchev–Trinajstić information content (AvgIpc) is 2.50. The third kappa shape index (κ3) is 4.88. The van der Waals surface area contributed by atoms with Gasteiger partial charge in [-0.3, -0.25) is 4.90 Å². The molecule has 1 N–H and O–H groups in total. The van der Waals surface area contributed by atoms with Crippen molar-refractivity contribution >= 4 is 0 Å². The maximum Gasteiger partial charge on any atom is 0.0540 e. The standard InChI is InChI=1S/C19H27NO/c1-16(2)17-10-12-20(13-11-17)15-19-9-4-3-7-18(19)8-5-6-14-21/h3-4,7,9,16-17,21H,6,10-15H2,1-2H3. The van der Waals surface area contributed by atoms with Gasteiger partial charge in [0.1, 0.15) is 0 Å². The smallest absolute Gasteiger partial charge is 0.0540 e. The molecule has 1 aromatic rings. The molecule has 1 saturated heterocycles. The van der Waals surface area contributed by atoms with Crippen molar-refractivity contribution in [1.29, 1.82) is 0 Å². The summed E-state index contributed by atoms with van der Waals surface area (Å²) in [4.78, 5) is 2.55. The number of rotatable bonds is 4. The van der Waals surface area contributed by atoms with Crippen molar-refractivity contribution in [1.82, 2.24) is 4.90 Å². The Kier molecular flexibility index (Phi) is 6.29. The van der Waals surface area contributed by atoms with Crippen LogP contribution in [0.3, 0.4) is 0 Å². The Balaban J connectivity index is 1.96. The second-order valence-electron chi connectivity index (χ2n) is 6.29. The van der Waals surface area contributed by atoms with E-state index in [0.29, 0.717) is 6.42 Å². The second kappa shape index (κ2) is 8.22. The van der Waals surface area contributed by atoms with Crippen LogP contribution in [0.4, 0.5) is 0 Å². The Morgan fingerprint density at radius 2 is 1.95 bits per heavy atom. The first-order valence-corrected chi connectivity index (χ1v) is 8.10. The molecule has 1 heterocycles. The minimum atomic E-state index is 0.137. The van der Waals surface area contributed by atoms with Crippen LogP contribution in [-0.4, -0.2) is 29.7 Å². The third-order valence-corrected chi connectivity index (χ3v) is 4.45. The van der Waals surface area contributed by atoms with Crippen molar-refractivity contribution in [3.05, 3.63) is 35.4 Å². The Labute approximate surface area is 129 Å². The largest absolute Gasteiger partial charge is 0.395 e. The highest BCUT2D eigenvalue weighted by Crippen LogP contribution is 2.25. The lowest BCUT2D eigenvalue weighted by atomic mass is 9.86. The maximum absolute atomic E-state index is 8.83. The van der Waals surface area contributed by atoms with Crippen LogP contribution in [0.2, 0.25) is 0 Å². The van der Waals surface area contributed by atoms with Crippen LogP contribution in [-0.2, 0) is 6.54 Å². The summed E-state index contributed by atoms with van der Waals surface area (Å²) in [6.45, 7) is 8.20. The van der Waals surface area contributed by atoms with Crippen LogP contribution in [0.15, 0.2) is 24.3 Å². The van der Waals surface area contributed by atoms with Crippen LogP contribution in [0.25, 0.3) is 0 Å². The van der Waals surface area contributed by atoms with E-state index in [4.69, 9.17) is 5.11 Å². The van der Waals surface area contributed by atoms with Gasteiger partial charge in [0.25, 0.3) is 0 Å². The zero-order valence-corrected chi connectivity index (χ0v) is 13.3. The topological polar surface area (TPSA) is 23.5 Å². The van der Waals surface area contributed by atoms with Gasteiger partial charge in [-0.25, -0.2) is 0 Å². The van der Waals surface area contributed by atoms with Gasteiger partial charge in [-0.05, 0) is 49.4 Å². The first kappa shape index (κ1) is 16.1. The summed E-state index contributed by atoms with van der Waals surface area (Å²) in [6.07, 6.45) is 3.18. The number of benzene rings is 1. The molecule has 114 valence electrons. The molecule has 21 heavy (non-hydrogen) atoms. The molecule has 0 atom stereocenters. The van der Waals surface area contributed by atoms with Crippen LogP contribution >= 0.6 is 0 Å². The monoisotopic (exact) mass is 285 g/mol. The fraction of sp³-hybridized carbons (Fsp3) is 0.579. The van der Waals surface area contributed by atoms with Gasteiger partial charge in [0.2, 0.25) is 0 Å². The number of hydrogen-bond donors (Lipinski definition) is 1. The van der Waals surface area contributed by atoms with E-state index in [1.54, 1.807) is 0 Å².